The fourth-order valence-electron chi connectivity index (χ4n) is 1.64. The first-order valence-corrected chi connectivity index (χ1v) is 7.74. The highest BCUT2D eigenvalue weighted by molar-refractivity contribution is 9.10. The predicted octanol–water partition coefficient (Wildman–Crippen LogP) is 4.52. The lowest BCUT2D eigenvalue weighted by molar-refractivity contribution is -0.114. The van der Waals surface area contributed by atoms with Gasteiger partial charge in [-0.2, -0.15) is 0 Å². The SMILES string of the molecule is O=C(CN=Cc1cc(Br)ccc1O)Nc1cc(Cl)ccc1Cl. The topological polar surface area (TPSA) is 61.7 Å². The molecule has 1 amide bonds. The van der Waals surface area contributed by atoms with E-state index in [1.165, 1.54) is 12.3 Å². The highest BCUT2D eigenvalue weighted by atomic mass is 79.9. The van der Waals surface area contributed by atoms with E-state index in [1.807, 2.05) is 0 Å². The second-order valence-electron chi connectivity index (χ2n) is 4.35. The van der Waals surface area contributed by atoms with Gasteiger partial charge in [-0.25, -0.2) is 0 Å². The molecule has 22 heavy (non-hydrogen) atoms. The first kappa shape index (κ1) is 16.8. The molecule has 0 radical (unpaired) electrons. The standard InChI is InChI=1S/C15H11BrCl2N2O2/c16-10-1-4-14(21)9(5-10)7-19-8-15(22)20-13-6-11(17)2-3-12(13)18/h1-7,21H,8H2,(H,20,22). The molecule has 4 nitrogen and oxygen atoms in total. The van der Waals surface area contributed by atoms with Gasteiger partial charge >= 0.3 is 0 Å². The number of nitrogens with zero attached hydrogens (tertiary/aromatic N) is 1. The summed E-state index contributed by atoms with van der Waals surface area (Å²) in [7, 11) is 0. The van der Waals surface area contributed by atoms with E-state index in [1.54, 1.807) is 30.3 Å². The van der Waals surface area contributed by atoms with Gasteiger partial charge < -0.3 is 10.4 Å². The van der Waals surface area contributed by atoms with Gasteiger partial charge in [0.15, 0.2) is 0 Å². The summed E-state index contributed by atoms with van der Waals surface area (Å²) >= 11 is 15.1. The third-order valence-corrected chi connectivity index (χ3v) is 3.72. The Labute approximate surface area is 145 Å². The van der Waals surface area contributed by atoms with Crippen molar-refractivity contribution in [2.75, 3.05) is 11.9 Å². The van der Waals surface area contributed by atoms with Crippen molar-refractivity contribution in [1.29, 1.82) is 0 Å². The Balaban J connectivity index is 1.99. The van der Waals surface area contributed by atoms with E-state index in [0.29, 0.717) is 21.3 Å². The molecule has 0 aliphatic carbocycles. The zero-order valence-electron chi connectivity index (χ0n) is 11.2. The average molecular weight is 402 g/mol. The van der Waals surface area contributed by atoms with Gasteiger partial charge in [-0.05, 0) is 36.4 Å². The molecule has 0 aromatic heterocycles. The van der Waals surface area contributed by atoms with Crippen LogP contribution in [-0.2, 0) is 4.79 Å². The Morgan fingerprint density at radius 3 is 2.82 bits per heavy atom. The summed E-state index contributed by atoms with van der Waals surface area (Å²) in [6, 6.07) is 9.74. The fraction of sp³-hybridized carbons (Fsp3) is 0.0667. The summed E-state index contributed by atoms with van der Waals surface area (Å²) in [6.07, 6.45) is 1.43. The number of amides is 1. The average Bonchev–Trinajstić information content (AvgIpc) is 2.46. The Morgan fingerprint density at radius 1 is 1.27 bits per heavy atom. The number of aromatic hydroxyl groups is 1. The second kappa shape index (κ2) is 7.63. The number of hydrogen-bond donors (Lipinski definition) is 2. The Bertz CT molecular complexity index is 735. The molecule has 0 heterocycles. The quantitative estimate of drug-likeness (QED) is 0.739. The van der Waals surface area contributed by atoms with Gasteiger partial charge in [-0.3, -0.25) is 9.79 Å². The van der Waals surface area contributed by atoms with Crippen LogP contribution in [0.15, 0.2) is 45.9 Å². The van der Waals surface area contributed by atoms with E-state index >= 15 is 0 Å². The van der Waals surface area contributed by atoms with Gasteiger partial charge in [0.05, 0.1) is 10.7 Å². The number of phenolic OH excluding ortho intramolecular Hbond substituents is 1. The maximum absolute atomic E-state index is 11.8. The van der Waals surface area contributed by atoms with Crippen LogP contribution in [0.5, 0.6) is 5.75 Å². The first-order valence-electron chi connectivity index (χ1n) is 6.19. The smallest absolute Gasteiger partial charge is 0.246 e. The van der Waals surface area contributed by atoms with Gasteiger partial charge in [0.2, 0.25) is 5.91 Å². The van der Waals surface area contributed by atoms with Crippen LogP contribution < -0.4 is 5.32 Å². The summed E-state index contributed by atoms with van der Waals surface area (Å²) in [5.74, 6) is -0.250. The van der Waals surface area contributed by atoms with Crippen molar-refractivity contribution in [3.63, 3.8) is 0 Å². The van der Waals surface area contributed by atoms with Crippen LogP contribution in [0.2, 0.25) is 10.0 Å². The number of benzene rings is 2. The van der Waals surface area contributed by atoms with E-state index in [4.69, 9.17) is 23.2 Å². The minimum absolute atomic E-state index is 0.0882. The zero-order valence-corrected chi connectivity index (χ0v) is 14.3. The van der Waals surface area contributed by atoms with Gasteiger partial charge in [0, 0.05) is 21.3 Å². The number of aliphatic imine (C=N–C) groups is 1. The molecule has 0 saturated carbocycles. The lowest BCUT2D eigenvalue weighted by atomic mass is 10.2. The molecule has 0 aliphatic rings. The number of carbonyl (C=O) groups excluding carboxylic acids is 1. The van der Waals surface area contributed by atoms with Crippen molar-refractivity contribution < 1.29 is 9.90 Å². The van der Waals surface area contributed by atoms with Crippen LogP contribution in [0.1, 0.15) is 5.56 Å². The Hall–Kier alpha value is -1.56. The first-order chi connectivity index (χ1) is 10.5. The molecule has 0 unspecified atom stereocenters. The molecule has 0 fully saturated rings. The Kier molecular flexibility index (Phi) is 5.83. The number of halogens is 3. The summed E-state index contributed by atoms with van der Waals surface area (Å²) in [4.78, 5) is 15.8. The fourth-order valence-corrected chi connectivity index (χ4v) is 2.35. The van der Waals surface area contributed by atoms with Crippen molar-refractivity contribution >= 4 is 56.9 Å². The number of phenols is 1. The van der Waals surface area contributed by atoms with Crippen molar-refractivity contribution in [2.45, 2.75) is 0 Å². The third kappa shape index (κ3) is 4.73. The van der Waals surface area contributed by atoms with Crippen molar-refractivity contribution in [1.82, 2.24) is 0 Å². The Morgan fingerprint density at radius 2 is 2.05 bits per heavy atom. The molecule has 0 atom stereocenters. The largest absolute Gasteiger partial charge is 0.507 e. The van der Waals surface area contributed by atoms with Crippen LogP contribution in [-0.4, -0.2) is 23.8 Å². The zero-order chi connectivity index (χ0) is 16.1. The molecular weight excluding hydrogens is 391 g/mol. The third-order valence-electron chi connectivity index (χ3n) is 2.66. The van der Waals surface area contributed by atoms with E-state index < -0.39 is 0 Å². The molecular formula is C15H11BrCl2N2O2. The van der Waals surface area contributed by atoms with Crippen LogP contribution in [0, 0.1) is 0 Å². The minimum atomic E-state index is -0.338. The summed E-state index contributed by atoms with van der Waals surface area (Å²) in [5.41, 5.74) is 0.947. The molecule has 2 N–H and O–H groups in total. The predicted molar refractivity (Wildman–Crippen MR) is 93.4 cm³/mol. The van der Waals surface area contributed by atoms with Crippen molar-refractivity contribution in [2.24, 2.45) is 4.99 Å². The maximum atomic E-state index is 11.8. The summed E-state index contributed by atoms with van der Waals surface area (Å²) in [5, 5.41) is 13.1. The monoisotopic (exact) mass is 400 g/mol. The number of carbonyl (C=O) groups is 1. The van der Waals surface area contributed by atoms with Crippen LogP contribution >= 0.6 is 39.1 Å². The summed E-state index contributed by atoms with van der Waals surface area (Å²) < 4.78 is 0.807. The van der Waals surface area contributed by atoms with E-state index in [0.717, 1.165) is 4.47 Å². The van der Waals surface area contributed by atoms with Crippen molar-refractivity contribution in [3.05, 3.63) is 56.5 Å². The van der Waals surface area contributed by atoms with E-state index in [-0.39, 0.29) is 18.2 Å². The maximum Gasteiger partial charge on any atom is 0.246 e. The molecule has 7 heteroatoms. The highest BCUT2D eigenvalue weighted by Gasteiger charge is 2.06. The van der Waals surface area contributed by atoms with Crippen LogP contribution in [0.4, 0.5) is 5.69 Å². The summed E-state index contributed by atoms with van der Waals surface area (Å²) in [6.45, 7) is -0.102. The van der Waals surface area contributed by atoms with Gasteiger partial charge in [-0.15, -0.1) is 0 Å². The molecule has 114 valence electrons. The molecule has 0 spiro atoms. The lowest BCUT2D eigenvalue weighted by Gasteiger charge is -2.06. The van der Waals surface area contributed by atoms with Gasteiger partial charge in [0.25, 0.3) is 0 Å². The molecule has 0 aliphatic heterocycles. The lowest BCUT2D eigenvalue weighted by Crippen LogP contribution is -2.15. The van der Waals surface area contributed by atoms with Crippen LogP contribution in [0.25, 0.3) is 0 Å². The number of rotatable bonds is 4. The number of nitrogens with one attached hydrogen (secondary N) is 1. The minimum Gasteiger partial charge on any atom is -0.507 e. The number of anilines is 1. The van der Waals surface area contributed by atoms with Crippen molar-refractivity contribution in [3.8, 4) is 5.75 Å². The molecule has 0 saturated heterocycles. The molecule has 0 bridgehead atoms. The molecule has 2 aromatic rings. The molecule has 2 aromatic carbocycles. The van der Waals surface area contributed by atoms with Gasteiger partial charge in [0.1, 0.15) is 12.3 Å². The van der Waals surface area contributed by atoms with Gasteiger partial charge in [-0.1, -0.05) is 39.1 Å². The number of hydrogen-bond acceptors (Lipinski definition) is 3. The van der Waals surface area contributed by atoms with Crippen LogP contribution in [0.3, 0.4) is 0 Å². The highest BCUT2D eigenvalue weighted by Crippen LogP contribution is 2.25. The van der Waals surface area contributed by atoms with E-state index in [9.17, 15) is 9.90 Å². The second-order valence-corrected chi connectivity index (χ2v) is 6.10. The van der Waals surface area contributed by atoms with E-state index in [2.05, 4.69) is 26.2 Å². The molecule has 2 rings (SSSR count). The normalized spacial score (nSPS) is 10.9.